The minimum atomic E-state index is -3.29. The van der Waals surface area contributed by atoms with Crippen molar-refractivity contribution in [2.75, 3.05) is 26.2 Å². The summed E-state index contributed by atoms with van der Waals surface area (Å²) in [6.45, 7) is 14.2. The topological polar surface area (TPSA) is 68.3 Å². The lowest BCUT2D eigenvalue weighted by atomic mass is 10.3. The molecule has 0 rings (SSSR count). The van der Waals surface area contributed by atoms with E-state index in [9.17, 15) is 0 Å². The van der Waals surface area contributed by atoms with E-state index < -0.39 is 37.3 Å². The van der Waals surface area contributed by atoms with Gasteiger partial charge in [0.15, 0.2) is 0 Å². The van der Waals surface area contributed by atoms with Gasteiger partial charge in [-0.05, 0) is 27.7 Å². The zero-order valence-corrected chi connectivity index (χ0v) is 16.2. The van der Waals surface area contributed by atoms with Crippen molar-refractivity contribution in [3.63, 3.8) is 0 Å². The molecule has 9 heteroatoms. The van der Waals surface area contributed by atoms with Crippen LogP contribution in [0.4, 0.5) is 0 Å². The number of nitrogens with zero attached hydrogens (tertiary/aromatic N) is 1. The molecule has 0 amide bonds. The Kier molecular flexibility index (Phi) is 20.9. The molecule has 0 unspecified atom stereocenters. The fourth-order valence-electron chi connectivity index (χ4n) is 1.34. The van der Waals surface area contributed by atoms with Crippen LogP contribution in [-0.4, -0.2) is 30.7 Å². The van der Waals surface area contributed by atoms with Crippen molar-refractivity contribution in [2.24, 2.45) is 0 Å². The highest BCUT2D eigenvalue weighted by molar-refractivity contribution is 14.2. The lowest BCUT2D eigenvalue weighted by Gasteiger charge is -2.34. The van der Waals surface area contributed by atoms with Crippen LogP contribution in [0.2, 0.25) is 0 Å². The molecule has 0 aliphatic rings. The second-order valence-corrected chi connectivity index (χ2v) is 8.15. The molecule has 0 aromatic rings. The van der Waals surface area contributed by atoms with Crippen molar-refractivity contribution in [3.8, 4) is 0 Å². The first-order valence-electron chi connectivity index (χ1n) is 5.00. The van der Waals surface area contributed by atoms with E-state index in [0.717, 1.165) is 0 Å². The maximum atomic E-state index is 8.89. The van der Waals surface area contributed by atoms with Crippen molar-refractivity contribution in [3.05, 3.63) is 0 Å². The molecule has 0 aliphatic carbocycles. The van der Waals surface area contributed by atoms with Gasteiger partial charge in [-0.3, -0.25) is 0 Å². The Morgan fingerprint density at radius 1 is 0.706 bits per heavy atom. The van der Waals surface area contributed by atoms with Crippen molar-refractivity contribution >= 4 is 55.1 Å². The van der Waals surface area contributed by atoms with Crippen LogP contribution in [0.15, 0.2) is 0 Å². The largest absolute Gasteiger partial charge is 0.409 e. The Bertz CT molecular complexity index is 248. The third kappa shape index (κ3) is 22.8. The Balaban J connectivity index is -0.000000205. The summed E-state index contributed by atoms with van der Waals surface area (Å²) in [5.74, 6) is 0. The van der Waals surface area contributed by atoms with Crippen LogP contribution in [0.1, 0.15) is 27.7 Å². The van der Waals surface area contributed by atoms with Crippen molar-refractivity contribution in [2.45, 2.75) is 27.7 Å². The van der Waals surface area contributed by atoms with Gasteiger partial charge in [0.2, 0.25) is 0 Å². The van der Waals surface area contributed by atoms with Gasteiger partial charge < -0.3 is 4.48 Å². The number of halogens is 4. The summed E-state index contributed by atoms with van der Waals surface area (Å²) in [5, 5.41) is 0. The number of hydrogen-bond acceptors (Lipinski definition) is 4. The third-order valence-electron chi connectivity index (χ3n) is 2.68. The van der Waals surface area contributed by atoms with Crippen molar-refractivity contribution in [1.29, 1.82) is 0 Å². The smallest absolute Gasteiger partial charge is 0.325 e. The molecular formula is C8H20Cl2I2NO4+. The van der Waals surface area contributed by atoms with Crippen LogP contribution in [0.25, 0.3) is 0 Å². The first-order chi connectivity index (χ1) is 7.71. The molecule has 0 aromatic heterocycles. The maximum absolute atomic E-state index is 8.89. The van der Waals surface area contributed by atoms with Gasteiger partial charge in [-0.2, -0.15) is 0 Å². The zero-order valence-electron chi connectivity index (χ0n) is 10.4. The van der Waals surface area contributed by atoms with Crippen molar-refractivity contribution in [1.82, 2.24) is 0 Å². The molecule has 0 atom stereocenters. The highest BCUT2D eigenvalue weighted by Gasteiger charge is 2.16. The lowest BCUT2D eigenvalue weighted by Crippen LogP contribution is -2.47. The van der Waals surface area contributed by atoms with Gasteiger partial charge >= 0.3 is 37.3 Å². The molecule has 0 bridgehead atoms. The van der Waals surface area contributed by atoms with Crippen LogP contribution in [0, 0.1) is 0 Å². The molecule has 0 aliphatic heterocycles. The standard InChI is InChI=1S/C8H20N.2ClIO2/c1-5-9(6-2,7-3)8-4;2*1-2(3)4/h5-8H2,1-4H3;;/q+1;;. The Labute approximate surface area is 125 Å². The van der Waals surface area contributed by atoms with Gasteiger partial charge in [0.05, 0.1) is 26.2 Å². The fraction of sp³-hybridized carbons (Fsp3) is 1.00. The van der Waals surface area contributed by atoms with Crippen LogP contribution >= 0.6 is 55.1 Å². The Morgan fingerprint density at radius 3 is 0.824 bits per heavy atom. The average Bonchev–Trinajstić information content (AvgIpc) is 2.20. The molecule has 0 heterocycles. The summed E-state index contributed by atoms with van der Waals surface area (Å²) < 4.78 is 36.9. The molecule has 0 N–H and O–H groups in total. The van der Waals surface area contributed by atoms with E-state index in [1.165, 1.54) is 30.7 Å². The van der Waals surface area contributed by atoms with Crippen molar-refractivity contribution < 1.29 is 16.8 Å². The molecule has 0 radical (unpaired) electrons. The molecule has 0 saturated heterocycles. The summed E-state index contributed by atoms with van der Waals surface area (Å²) in [4.78, 5) is 0. The predicted octanol–water partition coefficient (Wildman–Crippen LogP) is 4.56. The third-order valence-corrected chi connectivity index (χ3v) is 2.68. The molecule has 108 valence electrons. The molecule has 17 heavy (non-hydrogen) atoms. The summed E-state index contributed by atoms with van der Waals surface area (Å²) in [5.41, 5.74) is 0. The zero-order chi connectivity index (χ0) is 14.5. The summed E-state index contributed by atoms with van der Waals surface area (Å²) >= 11 is -6.58. The highest BCUT2D eigenvalue weighted by Crippen LogP contribution is 2.07. The second kappa shape index (κ2) is 15.3. The monoisotopic (exact) mass is 518 g/mol. The van der Waals surface area contributed by atoms with E-state index in [1.54, 1.807) is 0 Å². The van der Waals surface area contributed by atoms with E-state index in [-0.39, 0.29) is 0 Å². The number of rotatable bonds is 4. The number of quaternary nitrogens is 1. The van der Waals surface area contributed by atoms with Gasteiger partial charge in [-0.25, -0.2) is 12.3 Å². The first kappa shape index (κ1) is 23.3. The van der Waals surface area contributed by atoms with Gasteiger partial charge in [-0.15, -0.1) is 0 Å². The molecule has 0 aromatic carbocycles. The van der Waals surface area contributed by atoms with Gasteiger partial charge in [0.25, 0.3) is 0 Å². The van der Waals surface area contributed by atoms with Crippen LogP contribution in [0.3, 0.4) is 0 Å². The quantitative estimate of drug-likeness (QED) is 0.404. The molecule has 0 saturated carbocycles. The van der Waals surface area contributed by atoms with E-state index in [4.69, 9.17) is 12.3 Å². The molecule has 5 nitrogen and oxygen atoms in total. The van der Waals surface area contributed by atoms with E-state index in [0.29, 0.717) is 0 Å². The maximum Gasteiger partial charge on any atom is 0.409 e. The SMILES string of the molecule is CC[N+](CC)(CC)CC.O=I(=O)Cl.O=I(=O)Cl. The second-order valence-electron chi connectivity index (χ2n) is 2.97. The lowest BCUT2D eigenvalue weighted by molar-refractivity contribution is -0.921. The van der Waals surface area contributed by atoms with Gasteiger partial charge in [-0.1, -0.05) is 0 Å². The highest BCUT2D eigenvalue weighted by atomic mass is 127. The summed E-state index contributed by atoms with van der Waals surface area (Å²) in [6.07, 6.45) is 0. The Hall–Kier alpha value is 1.20. The molecule has 0 spiro atoms. The number of hydrogen-bond donors (Lipinski definition) is 0. The van der Waals surface area contributed by atoms with Crippen LogP contribution < -0.4 is 0 Å². The van der Waals surface area contributed by atoms with Gasteiger partial charge in [0.1, 0.15) is 0 Å². The van der Waals surface area contributed by atoms with Crippen LogP contribution in [-0.2, 0) is 12.3 Å². The van der Waals surface area contributed by atoms with Crippen LogP contribution in [0.5, 0.6) is 0 Å². The minimum Gasteiger partial charge on any atom is -0.325 e. The first-order valence-corrected chi connectivity index (χ1v) is 14.0. The van der Waals surface area contributed by atoms with E-state index in [2.05, 4.69) is 45.5 Å². The molecule has 0 fully saturated rings. The van der Waals surface area contributed by atoms with Gasteiger partial charge in [0, 0.05) is 17.8 Å². The fourth-order valence-corrected chi connectivity index (χ4v) is 1.34. The summed E-state index contributed by atoms with van der Waals surface area (Å²) in [6, 6.07) is 0. The normalized spacial score (nSPS) is 10.4. The van der Waals surface area contributed by atoms with E-state index >= 15 is 0 Å². The summed E-state index contributed by atoms with van der Waals surface area (Å²) in [7, 11) is 8.64. The predicted molar refractivity (Wildman–Crippen MR) is 84.9 cm³/mol. The average molecular weight is 519 g/mol. The minimum absolute atomic E-state index is 1.28. The molecular weight excluding hydrogens is 499 g/mol. The Morgan fingerprint density at radius 2 is 0.824 bits per heavy atom. The van der Waals surface area contributed by atoms with E-state index in [1.807, 2.05) is 0 Å².